The minimum atomic E-state index is -0.0832. The molecule has 1 fully saturated rings. The minimum Gasteiger partial charge on any atom is -0.282 e. The third-order valence-corrected chi connectivity index (χ3v) is 3.64. The maximum Gasteiger partial charge on any atom is 0.233 e. The quantitative estimate of drug-likeness (QED) is 0.557. The number of hydrogen-bond acceptors (Lipinski definition) is 2. The van der Waals surface area contributed by atoms with Crippen LogP contribution in [0.15, 0.2) is 0 Å². The van der Waals surface area contributed by atoms with Gasteiger partial charge in [-0.15, -0.1) is 0 Å². The van der Waals surface area contributed by atoms with E-state index < -0.39 is 0 Å². The Kier molecular flexibility index (Phi) is 4.94. The van der Waals surface area contributed by atoms with Crippen molar-refractivity contribution in [2.45, 2.75) is 60.3 Å². The molecule has 3 heteroatoms. The summed E-state index contributed by atoms with van der Waals surface area (Å²) in [5.41, 5.74) is 0.333. The molecule has 2 amide bonds. The SMILES string of the molecule is CC(C)C1CC(=O)N(CCCCC(C)(C)C)C1=O. The Bertz CT molecular complexity index is 315. The lowest BCUT2D eigenvalue weighted by atomic mass is 9.90. The molecule has 1 atom stereocenters. The summed E-state index contributed by atoms with van der Waals surface area (Å²) in [6, 6.07) is 0. The zero-order valence-electron chi connectivity index (χ0n) is 12.5. The molecule has 0 aromatic carbocycles. The molecule has 1 unspecified atom stereocenters. The number of imide groups is 1. The van der Waals surface area contributed by atoms with E-state index in [0.717, 1.165) is 19.3 Å². The minimum absolute atomic E-state index is 0.0226. The second-order valence-corrected chi connectivity index (χ2v) is 6.96. The van der Waals surface area contributed by atoms with Gasteiger partial charge in [0.05, 0.1) is 0 Å². The van der Waals surface area contributed by atoms with Crippen molar-refractivity contribution in [2.75, 3.05) is 6.54 Å². The molecule has 3 nitrogen and oxygen atoms in total. The third kappa shape index (κ3) is 4.11. The topological polar surface area (TPSA) is 37.4 Å². The Hall–Kier alpha value is -0.860. The van der Waals surface area contributed by atoms with Crippen LogP contribution in [0.4, 0.5) is 0 Å². The van der Waals surface area contributed by atoms with E-state index >= 15 is 0 Å². The normalized spacial score (nSPS) is 21.2. The summed E-state index contributed by atoms with van der Waals surface area (Å²) < 4.78 is 0. The predicted octanol–water partition coefficient (Wildman–Crippen LogP) is 3.23. The van der Waals surface area contributed by atoms with Crippen molar-refractivity contribution >= 4 is 11.8 Å². The van der Waals surface area contributed by atoms with E-state index in [1.807, 2.05) is 13.8 Å². The molecule has 1 saturated heterocycles. The fraction of sp³-hybridized carbons (Fsp3) is 0.867. The van der Waals surface area contributed by atoms with Gasteiger partial charge in [-0.25, -0.2) is 0 Å². The van der Waals surface area contributed by atoms with Gasteiger partial charge in [0, 0.05) is 18.9 Å². The first kappa shape index (κ1) is 15.2. The van der Waals surface area contributed by atoms with Crippen LogP contribution in [0.3, 0.4) is 0 Å². The standard InChI is InChI=1S/C15H27NO2/c1-11(2)12-10-13(17)16(14(12)18)9-7-6-8-15(3,4)5/h11-12H,6-10H2,1-5H3. The molecule has 0 aliphatic carbocycles. The van der Waals surface area contributed by atoms with Crippen LogP contribution < -0.4 is 0 Å². The fourth-order valence-electron chi connectivity index (χ4n) is 2.39. The molecule has 0 aromatic heterocycles. The number of rotatable bonds is 5. The van der Waals surface area contributed by atoms with Crippen LogP contribution in [0.25, 0.3) is 0 Å². The van der Waals surface area contributed by atoms with E-state index in [-0.39, 0.29) is 23.7 Å². The highest BCUT2D eigenvalue weighted by Gasteiger charge is 2.39. The second kappa shape index (κ2) is 5.85. The summed E-state index contributed by atoms with van der Waals surface area (Å²) in [6.07, 6.45) is 3.55. The number of hydrogen-bond donors (Lipinski definition) is 0. The molecule has 1 heterocycles. The summed E-state index contributed by atoms with van der Waals surface area (Å²) in [7, 11) is 0. The zero-order valence-corrected chi connectivity index (χ0v) is 12.5. The van der Waals surface area contributed by atoms with Crippen molar-refractivity contribution < 1.29 is 9.59 Å². The van der Waals surface area contributed by atoms with Crippen molar-refractivity contribution in [1.29, 1.82) is 0 Å². The van der Waals surface area contributed by atoms with E-state index in [1.165, 1.54) is 4.90 Å². The molecule has 0 saturated carbocycles. The summed E-state index contributed by atoms with van der Waals surface area (Å²) in [5, 5.41) is 0. The summed E-state index contributed by atoms with van der Waals surface area (Å²) >= 11 is 0. The average Bonchev–Trinajstić information content (AvgIpc) is 2.49. The molecule has 0 aromatic rings. The van der Waals surface area contributed by atoms with Crippen LogP contribution in [-0.2, 0) is 9.59 Å². The smallest absolute Gasteiger partial charge is 0.233 e. The van der Waals surface area contributed by atoms with Gasteiger partial charge in [0.15, 0.2) is 0 Å². The van der Waals surface area contributed by atoms with Crippen LogP contribution in [0, 0.1) is 17.3 Å². The number of carbonyl (C=O) groups is 2. The molecule has 0 N–H and O–H groups in total. The first-order chi connectivity index (χ1) is 8.22. The van der Waals surface area contributed by atoms with Crippen LogP contribution in [0.1, 0.15) is 60.3 Å². The second-order valence-electron chi connectivity index (χ2n) is 6.96. The van der Waals surface area contributed by atoms with E-state index in [0.29, 0.717) is 18.4 Å². The van der Waals surface area contributed by atoms with Gasteiger partial charge < -0.3 is 0 Å². The van der Waals surface area contributed by atoms with Gasteiger partial charge in [-0.3, -0.25) is 14.5 Å². The molecule has 1 aliphatic rings. The maximum absolute atomic E-state index is 12.1. The average molecular weight is 253 g/mol. The maximum atomic E-state index is 12.1. The Morgan fingerprint density at radius 2 is 1.83 bits per heavy atom. The lowest BCUT2D eigenvalue weighted by molar-refractivity contribution is -0.139. The highest BCUT2D eigenvalue weighted by Crippen LogP contribution is 2.27. The summed E-state index contributed by atoms with van der Waals surface area (Å²) in [4.78, 5) is 25.3. The molecule has 104 valence electrons. The predicted molar refractivity (Wildman–Crippen MR) is 73.0 cm³/mol. The third-order valence-electron chi connectivity index (χ3n) is 3.64. The molecule has 1 rings (SSSR count). The number of unbranched alkanes of at least 4 members (excludes halogenated alkanes) is 1. The lowest BCUT2D eigenvalue weighted by Crippen LogP contribution is -2.32. The van der Waals surface area contributed by atoms with E-state index in [1.54, 1.807) is 0 Å². The van der Waals surface area contributed by atoms with Gasteiger partial charge in [0.25, 0.3) is 0 Å². The highest BCUT2D eigenvalue weighted by molar-refractivity contribution is 6.03. The Morgan fingerprint density at radius 3 is 2.28 bits per heavy atom. The van der Waals surface area contributed by atoms with Crippen LogP contribution in [-0.4, -0.2) is 23.3 Å². The molecule has 0 spiro atoms. The molecular formula is C15H27NO2. The molecule has 0 radical (unpaired) electrons. The molecule has 0 bridgehead atoms. The van der Waals surface area contributed by atoms with E-state index in [9.17, 15) is 9.59 Å². The molecular weight excluding hydrogens is 226 g/mol. The van der Waals surface area contributed by atoms with Crippen LogP contribution in [0.5, 0.6) is 0 Å². The monoisotopic (exact) mass is 253 g/mol. The Morgan fingerprint density at radius 1 is 1.22 bits per heavy atom. The largest absolute Gasteiger partial charge is 0.282 e. The summed E-state index contributed by atoms with van der Waals surface area (Å²) in [6.45, 7) is 11.3. The van der Waals surface area contributed by atoms with Gasteiger partial charge >= 0.3 is 0 Å². The lowest BCUT2D eigenvalue weighted by Gasteiger charge is -2.19. The number of likely N-dealkylation sites (tertiary alicyclic amines) is 1. The van der Waals surface area contributed by atoms with Crippen molar-refractivity contribution in [2.24, 2.45) is 17.3 Å². The van der Waals surface area contributed by atoms with Gasteiger partial charge in [-0.05, 0) is 24.2 Å². The van der Waals surface area contributed by atoms with Crippen LogP contribution >= 0.6 is 0 Å². The number of carbonyl (C=O) groups excluding carboxylic acids is 2. The van der Waals surface area contributed by atoms with Crippen molar-refractivity contribution in [3.63, 3.8) is 0 Å². The number of nitrogens with zero attached hydrogens (tertiary/aromatic N) is 1. The van der Waals surface area contributed by atoms with E-state index in [4.69, 9.17) is 0 Å². The van der Waals surface area contributed by atoms with Gasteiger partial charge in [0.1, 0.15) is 0 Å². The van der Waals surface area contributed by atoms with Gasteiger partial charge in [0.2, 0.25) is 11.8 Å². The van der Waals surface area contributed by atoms with Crippen molar-refractivity contribution in [3.05, 3.63) is 0 Å². The van der Waals surface area contributed by atoms with Gasteiger partial charge in [-0.2, -0.15) is 0 Å². The highest BCUT2D eigenvalue weighted by atomic mass is 16.2. The molecule has 18 heavy (non-hydrogen) atoms. The number of amides is 2. The van der Waals surface area contributed by atoms with Crippen molar-refractivity contribution in [3.8, 4) is 0 Å². The summed E-state index contributed by atoms with van der Waals surface area (Å²) in [5.74, 6) is 0.251. The Labute approximate surface area is 111 Å². The zero-order chi connectivity index (χ0) is 13.9. The first-order valence-electron chi connectivity index (χ1n) is 7.06. The fourth-order valence-corrected chi connectivity index (χ4v) is 2.39. The van der Waals surface area contributed by atoms with Gasteiger partial charge in [-0.1, -0.05) is 41.0 Å². The van der Waals surface area contributed by atoms with Crippen molar-refractivity contribution in [1.82, 2.24) is 4.90 Å². The molecule has 1 aliphatic heterocycles. The van der Waals surface area contributed by atoms with Crippen LogP contribution in [0.2, 0.25) is 0 Å². The van der Waals surface area contributed by atoms with E-state index in [2.05, 4.69) is 20.8 Å². The first-order valence-corrected chi connectivity index (χ1v) is 7.06. The Balaban J connectivity index is 2.39.